The molecule has 0 aromatic heterocycles. The first-order chi connectivity index (χ1) is 13.3. The molecule has 0 bridgehead atoms. The van der Waals surface area contributed by atoms with Gasteiger partial charge in [-0.1, -0.05) is 54.6 Å². The first kappa shape index (κ1) is 17.4. The van der Waals surface area contributed by atoms with Crippen molar-refractivity contribution < 1.29 is 9.53 Å². The molecule has 0 heterocycles. The maximum atomic E-state index is 11.5. The highest BCUT2D eigenvalue weighted by atomic mass is 16.5. The van der Waals surface area contributed by atoms with Crippen LogP contribution in [0.2, 0.25) is 0 Å². The van der Waals surface area contributed by atoms with E-state index in [1.165, 1.54) is 37.9 Å². The van der Waals surface area contributed by atoms with Gasteiger partial charge in [-0.2, -0.15) is 0 Å². The van der Waals surface area contributed by atoms with Crippen LogP contribution in [0.1, 0.15) is 31.2 Å². The fourth-order valence-corrected chi connectivity index (χ4v) is 3.86. The van der Waals surface area contributed by atoms with Gasteiger partial charge in [0.25, 0.3) is 0 Å². The SMILES string of the molecule is C#CCCC(=O)OCCCCc1ccc2ccc3cccc4ccc1c2c34. The Morgan fingerprint density at radius 2 is 1.59 bits per heavy atom. The van der Waals surface area contributed by atoms with Gasteiger partial charge in [0, 0.05) is 6.42 Å². The Bertz CT molecular complexity index is 1120. The smallest absolute Gasteiger partial charge is 0.306 e. The molecule has 0 radical (unpaired) electrons. The lowest BCUT2D eigenvalue weighted by molar-refractivity contribution is -0.143. The van der Waals surface area contributed by atoms with Crippen LogP contribution in [-0.4, -0.2) is 12.6 Å². The van der Waals surface area contributed by atoms with Crippen LogP contribution in [0, 0.1) is 12.3 Å². The topological polar surface area (TPSA) is 26.3 Å². The summed E-state index contributed by atoms with van der Waals surface area (Å²) in [5, 5.41) is 7.94. The summed E-state index contributed by atoms with van der Waals surface area (Å²) in [4.78, 5) is 11.5. The zero-order valence-corrected chi connectivity index (χ0v) is 15.3. The number of rotatable bonds is 7. The Hall–Kier alpha value is -3.05. The van der Waals surface area contributed by atoms with E-state index in [0.29, 0.717) is 19.4 Å². The monoisotopic (exact) mass is 354 g/mol. The van der Waals surface area contributed by atoms with Crippen LogP contribution in [-0.2, 0) is 16.0 Å². The van der Waals surface area contributed by atoms with Gasteiger partial charge in [0.1, 0.15) is 0 Å². The average Bonchev–Trinajstić information content (AvgIpc) is 2.71. The van der Waals surface area contributed by atoms with Gasteiger partial charge in [-0.25, -0.2) is 0 Å². The summed E-state index contributed by atoms with van der Waals surface area (Å²) in [5.74, 6) is 2.26. The number of carbonyl (C=O) groups excluding carboxylic acids is 1. The number of hydrogen-bond donors (Lipinski definition) is 0. The summed E-state index contributed by atoms with van der Waals surface area (Å²) >= 11 is 0. The quantitative estimate of drug-likeness (QED) is 0.180. The van der Waals surface area contributed by atoms with Crippen molar-refractivity contribution in [2.45, 2.75) is 32.1 Å². The summed E-state index contributed by atoms with van der Waals surface area (Å²) in [6.07, 6.45) is 8.76. The minimum Gasteiger partial charge on any atom is -0.466 e. The standard InChI is InChI=1S/C25H22O2/c1-2-3-10-23(26)27-17-5-4-7-18-11-12-21-14-13-19-8-6-9-20-15-16-22(18)25(21)24(19)20/h1,6,8-9,11-16H,3-5,7,10,17H2. The van der Waals surface area contributed by atoms with Gasteiger partial charge >= 0.3 is 5.97 Å². The Morgan fingerprint density at radius 3 is 2.37 bits per heavy atom. The van der Waals surface area contributed by atoms with Gasteiger partial charge in [0.05, 0.1) is 13.0 Å². The highest BCUT2D eigenvalue weighted by Gasteiger charge is 2.10. The number of ether oxygens (including phenoxy) is 1. The molecule has 27 heavy (non-hydrogen) atoms. The van der Waals surface area contributed by atoms with Gasteiger partial charge in [0.2, 0.25) is 0 Å². The molecule has 4 aromatic carbocycles. The molecule has 2 nitrogen and oxygen atoms in total. The Morgan fingerprint density at radius 1 is 0.889 bits per heavy atom. The van der Waals surface area contributed by atoms with Crippen molar-refractivity contribution in [3.63, 3.8) is 0 Å². The Kier molecular flexibility index (Phi) is 4.94. The number of terminal acetylenes is 1. The summed E-state index contributed by atoms with van der Waals surface area (Å²) in [6.45, 7) is 0.467. The molecule has 0 aliphatic carbocycles. The highest BCUT2D eigenvalue weighted by molar-refractivity contribution is 6.23. The number of esters is 1. The van der Waals surface area contributed by atoms with E-state index in [0.717, 1.165) is 19.3 Å². The molecule has 0 unspecified atom stereocenters. The van der Waals surface area contributed by atoms with Crippen molar-refractivity contribution in [3.05, 3.63) is 60.2 Å². The van der Waals surface area contributed by atoms with Crippen LogP contribution in [0.5, 0.6) is 0 Å². The molecule has 0 aliphatic rings. The van der Waals surface area contributed by atoms with E-state index in [9.17, 15) is 4.79 Å². The molecular weight excluding hydrogens is 332 g/mol. The minimum absolute atomic E-state index is 0.198. The van der Waals surface area contributed by atoms with Crippen LogP contribution in [0.25, 0.3) is 32.3 Å². The number of benzene rings is 4. The van der Waals surface area contributed by atoms with Crippen molar-refractivity contribution in [1.82, 2.24) is 0 Å². The van der Waals surface area contributed by atoms with E-state index in [-0.39, 0.29) is 5.97 Å². The first-order valence-corrected chi connectivity index (χ1v) is 9.52. The van der Waals surface area contributed by atoms with Crippen molar-refractivity contribution in [2.75, 3.05) is 6.61 Å². The molecule has 4 rings (SSSR count). The van der Waals surface area contributed by atoms with Crippen LogP contribution in [0.3, 0.4) is 0 Å². The lowest BCUT2D eigenvalue weighted by Gasteiger charge is -2.14. The predicted octanol–water partition coefficient (Wildman–Crippen LogP) is 5.86. The number of aryl methyl sites for hydroxylation is 1. The molecule has 134 valence electrons. The third-order valence-corrected chi connectivity index (χ3v) is 5.20. The van der Waals surface area contributed by atoms with Crippen molar-refractivity contribution >= 4 is 38.3 Å². The number of hydrogen-bond acceptors (Lipinski definition) is 2. The summed E-state index contributed by atoms with van der Waals surface area (Å²) in [6, 6.07) is 19.8. The van der Waals surface area contributed by atoms with Crippen molar-refractivity contribution in [3.8, 4) is 12.3 Å². The summed E-state index contributed by atoms with van der Waals surface area (Å²) < 4.78 is 5.23. The van der Waals surface area contributed by atoms with Crippen LogP contribution in [0.15, 0.2) is 54.6 Å². The van der Waals surface area contributed by atoms with Crippen LogP contribution < -0.4 is 0 Å². The molecule has 0 atom stereocenters. The molecule has 0 amide bonds. The van der Waals surface area contributed by atoms with Crippen molar-refractivity contribution in [2.24, 2.45) is 0 Å². The van der Waals surface area contributed by atoms with E-state index in [1.807, 2.05) is 0 Å². The zero-order chi connectivity index (χ0) is 18.6. The third kappa shape index (κ3) is 3.46. The lowest BCUT2D eigenvalue weighted by atomic mass is 9.91. The lowest BCUT2D eigenvalue weighted by Crippen LogP contribution is -2.05. The highest BCUT2D eigenvalue weighted by Crippen LogP contribution is 2.36. The minimum atomic E-state index is -0.198. The van der Waals surface area contributed by atoms with E-state index in [2.05, 4.69) is 60.5 Å². The number of unbranched alkanes of at least 4 members (excludes halogenated alkanes) is 1. The molecule has 4 aromatic rings. The first-order valence-electron chi connectivity index (χ1n) is 9.52. The Balaban J connectivity index is 1.50. The zero-order valence-electron chi connectivity index (χ0n) is 15.3. The van der Waals surface area contributed by atoms with E-state index in [4.69, 9.17) is 11.2 Å². The van der Waals surface area contributed by atoms with Gasteiger partial charge in [-0.05, 0) is 57.1 Å². The van der Waals surface area contributed by atoms with E-state index >= 15 is 0 Å². The number of carbonyl (C=O) groups is 1. The summed E-state index contributed by atoms with van der Waals surface area (Å²) in [7, 11) is 0. The molecular formula is C25H22O2. The largest absolute Gasteiger partial charge is 0.466 e. The second kappa shape index (κ2) is 7.68. The van der Waals surface area contributed by atoms with Gasteiger partial charge in [-0.3, -0.25) is 4.79 Å². The molecule has 2 heteroatoms. The normalized spacial score (nSPS) is 11.2. The van der Waals surface area contributed by atoms with Crippen LogP contribution >= 0.6 is 0 Å². The van der Waals surface area contributed by atoms with E-state index in [1.54, 1.807) is 0 Å². The molecule has 0 saturated heterocycles. The van der Waals surface area contributed by atoms with Crippen molar-refractivity contribution in [1.29, 1.82) is 0 Å². The molecule has 0 spiro atoms. The molecule has 0 aliphatic heterocycles. The van der Waals surface area contributed by atoms with Gasteiger partial charge in [-0.15, -0.1) is 12.3 Å². The van der Waals surface area contributed by atoms with Gasteiger partial charge < -0.3 is 4.74 Å². The maximum Gasteiger partial charge on any atom is 0.306 e. The average molecular weight is 354 g/mol. The predicted molar refractivity (Wildman–Crippen MR) is 112 cm³/mol. The molecule has 0 saturated carbocycles. The van der Waals surface area contributed by atoms with Crippen LogP contribution in [0.4, 0.5) is 0 Å². The van der Waals surface area contributed by atoms with Gasteiger partial charge in [0.15, 0.2) is 0 Å². The fraction of sp³-hybridized carbons (Fsp3) is 0.240. The second-order valence-electron chi connectivity index (χ2n) is 6.96. The van der Waals surface area contributed by atoms with E-state index < -0.39 is 0 Å². The second-order valence-corrected chi connectivity index (χ2v) is 6.96. The molecule has 0 N–H and O–H groups in total. The maximum absolute atomic E-state index is 11.5. The summed E-state index contributed by atoms with van der Waals surface area (Å²) in [5.41, 5.74) is 1.36. The fourth-order valence-electron chi connectivity index (χ4n) is 3.86. The third-order valence-electron chi connectivity index (χ3n) is 5.20. The molecule has 0 fully saturated rings. The Labute approximate surface area is 159 Å².